The van der Waals surface area contributed by atoms with Gasteiger partial charge in [0.25, 0.3) is 5.91 Å². The van der Waals surface area contributed by atoms with E-state index in [1.807, 2.05) is 42.5 Å². The first-order chi connectivity index (χ1) is 16.7. The van der Waals surface area contributed by atoms with E-state index in [1.54, 1.807) is 18.0 Å². The Hall–Kier alpha value is -2.91. The van der Waals surface area contributed by atoms with Crippen LogP contribution < -0.4 is 5.32 Å². The average molecular weight is 494 g/mol. The van der Waals surface area contributed by atoms with Gasteiger partial charge in [0.15, 0.2) is 15.9 Å². The van der Waals surface area contributed by atoms with Crippen LogP contribution in [0.25, 0.3) is 22.0 Å². The number of aromatic nitrogens is 4. The van der Waals surface area contributed by atoms with Crippen molar-refractivity contribution >= 4 is 29.0 Å². The molecule has 1 saturated carbocycles. The molecule has 1 aromatic carbocycles. The molecule has 1 N–H and O–H groups in total. The number of hydrogen-bond acceptors (Lipinski definition) is 7. The molecule has 34 heavy (non-hydrogen) atoms. The van der Waals surface area contributed by atoms with Crippen LogP contribution in [0, 0.1) is 0 Å². The van der Waals surface area contributed by atoms with Crippen LogP contribution in [0.1, 0.15) is 53.6 Å². The van der Waals surface area contributed by atoms with E-state index in [2.05, 4.69) is 26.3 Å². The van der Waals surface area contributed by atoms with Crippen LogP contribution in [0.2, 0.25) is 0 Å². The van der Waals surface area contributed by atoms with E-state index < -0.39 is 0 Å². The van der Waals surface area contributed by atoms with Crippen LogP contribution in [-0.4, -0.2) is 38.5 Å². The van der Waals surface area contributed by atoms with Crippen molar-refractivity contribution in [1.82, 2.24) is 25.1 Å². The lowest BCUT2D eigenvalue weighted by Crippen LogP contribution is -2.25. The van der Waals surface area contributed by atoms with Crippen molar-refractivity contribution in [1.29, 1.82) is 0 Å². The maximum Gasteiger partial charge on any atom is 0.263 e. The first-order valence-corrected chi connectivity index (χ1v) is 13.6. The Morgan fingerprint density at radius 2 is 2.00 bits per heavy atom. The number of thioether (sulfide) groups is 1. The molecule has 1 aliphatic rings. The maximum absolute atomic E-state index is 13.2. The largest absolute Gasteiger partial charge is 0.462 e. The van der Waals surface area contributed by atoms with Gasteiger partial charge in [-0.05, 0) is 37.7 Å². The molecule has 1 amide bonds. The molecule has 5 rings (SSSR count). The number of amides is 1. The number of rotatable bonds is 9. The molecule has 4 aromatic rings. The molecule has 0 aliphatic heterocycles. The van der Waals surface area contributed by atoms with E-state index in [9.17, 15) is 4.79 Å². The first-order valence-electron chi connectivity index (χ1n) is 11.6. The standard InChI is InChI=1S/C25H27N5O2S2/c1-33-25-29-28-20(30(25)18-11-5-6-12-18)14-7-15-26-23(31)22-21(17-9-3-2-4-10-17)27-24(34-22)19-13-8-16-32-19/h2-4,8-10,13,16,18H,5-7,11-12,14-15H2,1H3,(H,26,31). The van der Waals surface area contributed by atoms with Gasteiger partial charge in [-0.2, -0.15) is 0 Å². The summed E-state index contributed by atoms with van der Waals surface area (Å²) in [5.41, 5.74) is 1.59. The van der Waals surface area contributed by atoms with Crippen molar-refractivity contribution in [2.24, 2.45) is 0 Å². The SMILES string of the molecule is CSc1nnc(CCCNC(=O)c2sc(-c3ccco3)nc2-c2ccccc2)n1C1CCCC1. The zero-order valence-electron chi connectivity index (χ0n) is 19.1. The van der Waals surface area contributed by atoms with Gasteiger partial charge >= 0.3 is 0 Å². The van der Waals surface area contributed by atoms with Gasteiger partial charge in [-0.25, -0.2) is 4.98 Å². The van der Waals surface area contributed by atoms with Gasteiger partial charge in [-0.1, -0.05) is 54.9 Å². The minimum absolute atomic E-state index is 0.115. The summed E-state index contributed by atoms with van der Waals surface area (Å²) in [4.78, 5) is 18.5. The van der Waals surface area contributed by atoms with E-state index in [0.29, 0.717) is 33.9 Å². The van der Waals surface area contributed by atoms with Gasteiger partial charge < -0.3 is 14.3 Å². The average Bonchev–Trinajstić information content (AvgIpc) is 3.68. The molecule has 0 atom stereocenters. The van der Waals surface area contributed by atoms with Crippen LogP contribution in [0.5, 0.6) is 0 Å². The third-order valence-corrected chi connectivity index (χ3v) is 7.80. The predicted molar refractivity (Wildman–Crippen MR) is 135 cm³/mol. The Morgan fingerprint density at radius 1 is 1.18 bits per heavy atom. The maximum atomic E-state index is 13.2. The van der Waals surface area contributed by atoms with Crippen molar-refractivity contribution in [3.05, 3.63) is 59.4 Å². The van der Waals surface area contributed by atoms with Crippen LogP contribution >= 0.6 is 23.1 Å². The summed E-state index contributed by atoms with van der Waals surface area (Å²) in [5.74, 6) is 1.57. The highest BCUT2D eigenvalue weighted by Crippen LogP contribution is 2.35. The molecule has 3 aromatic heterocycles. The molecule has 0 spiro atoms. The topological polar surface area (TPSA) is 85.8 Å². The molecule has 0 radical (unpaired) electrons. The molecular formula is C25H27N5O2S2. The monoisotopic (exact) mass is 493 g/mol. The van der Waals surface area contributed by atoms with Crippen LogP contribution in [-0.2, 0) is 6.42 Å². The molecule has 176 valence electrons. The summed E-state index contributed by atoms with van der Waals surface area (Å²) in [6.07, 6.45) is 10.2. The second-order valence-corrected chi connectivity index (χ2v) is 10.1. The number of hydrogen-bond donors (Lipinski definition) is 1. The Labute approximate surface area is 207 Å². The Balaban J connectivity index is 1.27. The minimum Gasteiger partial charge on any atom is -0.462 e. The van der Waals surface area contributed by atoms with Crippen molar-refractivity contribution in [2.75, 3.05) is 12.8 Å². The lowest BCUT2D eigenvalue weighted by atomic mass is 10.1. The second-order valence-electron chi connectivity index (χ2n) is 8.31. The van der Waals surface area contributed by atoms with Crippen molar-refractivity contribution in [2.45, 2.75) is 49.7 Å². The van der Waals surface area contributed by atoms with Gasteiger partial charge in [0.1, 0.15) is 10.7 Å². The van der Waals surface area contributed by atoms with Crippen molar-refractivity contribution in [3.63, 3.8) is 0 Å². The van der Waals surface area contributed by atoms with Crippen molar-refractivity contribution in [3.8, 4) is 22.0 Å². The molecule has 1 aliphatic carbocycles. The Kier molecular flexibility index (Phi) is 7.10. The molecule has 0 bridgehead atoms. The zero-order chi connectivity index (χ0) is 23.3. The number of furan rings is 1. The Morgan fingerprint density at radius 3 is 2.74 bits per heavy atom. The van der Waals surface area contributed by atoms with E-state index in [0.717, 1.165) is 29.4 Å². The summed E-state index contributed by atoms with van der Waals surface area (Å²) in [6, 6.07) is 14.0. The summed E-state index contributed by atoms with van der Waals surface area (Å²) in [5, 5.41) is 13.6. The number of benzene rings is 1. The van der Waals surface area contributed by atoms with Gasteiger partial charge in [0.2, 0.25) is 0 Å². The van der Waals surface area contributed by atoms with Crippen LogP contribution in [0.15, 0.2) is 58.3 Å². The number of thiazole rings is 1. The molecule has 9 heteroatoms. The Bertz CT molecular complexity index is 1230. The summed E-state index contributed by atoms with van der Waals surface area (Å²) >= 11 is 3.01. The smallest absolute Gasteiger partial charge is 0.263 e. The molecule has 7 nitrogen and oxygen atoms in total. The lowest BCUT2D eigenvalue weighted by Gasteiger charge is -2.16. The van der Waals surface area contributed by atoms with Crippen LogP contribution in [0.4, 0.5) is 0 Å². The molecular weight excluding hydrogens is 466 g/mol. The third kappa shape index (κ3) is 4.81. The second kappa shape index (κ2) is 10.6. The zero-order valence-corrected chi connectivity index (χ0v) is 20.7. The van der Waals surface area contributed by atoms with Crippen LogP contribution in [0.3, 0.4) is 0 Å². The predicted octanol–water partition coefficient (Wildman–Crippen LogP) is 5.86. The van der Waals surface area contributed by atoms with Gasteiger partial charge in [-0.15, -0.1) is 21.5 Å². The summed E-state index contributed by atoms with van der Waals surface area (Å²) in [6.45, 7) is 0.563. The number of nitrogens with zero attached hydrogens (tertiary/aromatic N) is 4. The normalized spacial score (nSPS) is 14.0. The highest BCUT2D eigenvalue weighted by Gasteiger charge is 2.24. The lowest BCUT2D eigenvalue weighted by molar-refractivity contribution is 0.0957. The highest BCUT2D eigenvalue weighted by atomic mass is 32.2. The number of aryl methyl sites for hydroxylation is 1. The molecule has 0 saturated heterocycles. The van der Waals surface area contributed by atoms with Gasteiger partial charge in [-0.3, -0.25) is 4.79 Å². The molecule has 3 heterocycles. The quantitative estimate of drug-likeness (QED) is 0.232. The minimum atomic E-state index is -0.115. The van der Waals surface area contributed by atoms with Gasteiger partial charge in [0.05, 0.1) is 12.0 Å². The molecule has 1 fully saturated rings. The number of carbonyl (C=O) groups excluding carboxylic acids is 1. The fraction of sp³-hybridized carbons (Fsp3) is 0.360. The third-order valence-electron chi connectivity index (χ3n) is 6.08. The first kappa shape index (κ1) is 22.9. The highest BCUT2D eigenvalue weighted by molar-refractivity contribution is 7.98. The summed E-state index contributed by atoms with van der Waals surface area (Å²) < 4.78 is 7.84. The summed E-state index contributed by atoms with van der Waals surface area (Å²) in [7, 11) is 0. The fourth-order valence-electron chi connectivity index (χ4n) is 4.45. The van der Waals surface area contributed by atoms with E-state index in [-0.39, 0.29) is 5.91 Å². The van der Waals surface area contributed by atoms with E-state index in [4.69, 9.17) is 9.40 Å². The number of carbonyl (C=O) groups is 1. The van der Waals surface area contributed by atoms with Crippen molar-refractivity contribution < 1.29 is 9.21 Å². The van der Waals surface area contributed by atoms with E-state index >= 15 is 0 Å². The number of nitrogens with one attached hydrogen (secondary N) is 1. The van der Waals surface area contributed by atoms with E-state index in [1.165, 1.54) is 37.0 Å². The van der Waals surface area contributed by atoms with Gasteiger partial charge in [0, 0.05) is 24.6 Å². The molecule has 0 unspecified atom stereocenters. The fourth-order valence-corrected chi connectivity index (χ4v) is 5.99.